The van der Waals surface area contributed by atoms with E-state index in [-0.39, 0.29) is 16.9 Å². The van der Waals surface area contributed by atoms with Crippen LogP contribution in [0.15, 0.2) is 23.1 Å². The van der Waals surface area contributed by atoms with Crippen LogP contribution in [0.4, 0.5) is 0 Å². The molecule has 0 spiro atoms. The van der Waals surface area contributed by atoms with Gasteiger partial charge in [-0.1, -0.05) is 12.8 Å². The lowest BCUT2D eigenvalue weighted by Gasteiger charge is -2.26. The van der Waals surface area contributed by atoms with Crippen molar-refractivity contribution in [1.82, 2.24) is 10.3 Å². The summed E-state index contributed by atoms with van der Waals surface area (Å²) in [7, 11) is 0. The molecule has 0 bridgehead atoms. The lowest BCUT2D eigenvalue weighted by Crippen LogP contribution is -2.37. The van der Waals surface area contributed by atoms with Crippen LogP contribution < -0.4 is 10.9 Å². The molecule has 1 heterocycles. The van der Waals surface area contributed by atoms with Crippen LogP contribution in [-0.4, -0.2) is 23.3 Å². The van der Waals surface area contributed by atoms with Gasteiger partial charge in [0.05, 0.1) is 0 Å². The van der Waals surface area contributed by atoms with E-state index in [1.54, 1.807) is 6.07 Å². The molecule has 0 unspecified atom stereocenters. The summed E-state index contributed by atoms with van der Waals surface area (Å²) >= 11 is 6.01. The molecule has 0 saturated heterocycles. The molecule has 0 aromatic carbocycles. The van der Waals surface area contributed by atoms with Gasteiger partial charge >= 0.3 is 0 Å². The fourth-order valence-corrected chi connectivity index (χ4v) is 2.80. The van der Waals surface area contributed by atoms with Gasteiger partial charge in [-0.05, 0) is 18.9 Å². The molecule has 1 saturated carbocycles. The molecule has 2 N–H and O–H groups in total. The standard InChI is InChI=1S/C13H17ClN2O2/c14-8-13(4-1-2-5-13)9-16-12(18)10-3-6-15-11(17)7-10/h3,6-7H,1-2,4-5,8-9H2,(H,15,17)(H,16,18). The predicted octanol–water partition coefficient (Wildman–Crippen LogP) is 1.90. The molecule has 0 radical (unpaired) electrons. The highest BCUT2D eigenvalue weighted by Gasteiger charge is 2.33. The van der Waals surface area contributed by atoms with Gasteiger partial charge in [-0.2, -0.15) is 0 Å². The molecule has 1 amide bonds. The van der Waals surface area contributed by atoms with Crippen LogP contribution >= 0.6 is 11.6 Å². The molecule has 1 aromatic heterocycles. The number of nitrogens with one attached hydrogen (secondary N) is 2. The lowest BCUT2D eigenvalue weighted by molar-refractivity contribution is 0.0935. The first-order valence-electron chi connectivity index (χ1n) is 6.18. The van der Waals surface area contributed by atoms with Crippen molar-refractivity contribution in [3.05, 3.63) is 34.2 Å². The molecule has 2 rings (SSSR count). The zero-order chi connectivity index (χ0) is 13.0. The Morgan fingerprint density at radius 1 is 1.44 bits per heavy atom. The summed E-state index contributed by atoms with van der Waals surface area (Å²) in [6.07, 6.45) is 5.95. The Kier molecular flexibility index (Phi) is 4.07. The maximum Gasteiger partial charge on any atom is 0.251 e. The van der Waals surface area contributed by atoms with Crippen molar-refractivity contribution < 1.29 is 4.79 Å². The molecular weight excluding hydrogens is 252 g/mol. The first-order chi connectivity index (χ1) is 8.65. The minimum absolute atomic E-state index is 0.0401. The smallest absolute Gasteiger partial charge is 0.251 e. The normalized spacial score (nSPS) is 17.6. The number of H-pyrrole nitrogens is 1. The Hall–Kier alpha value is -1.29. The first-order valence-corrected chi connectivity index (χ1v) is 6.72. The van der Waals surface area contributed by atoms with E-state index in [2.05, 4.69) is 10.3 Å². The fraction of sp³-hybridized carbons (Fsp3) is 0.538. The number of alkyl halides is 1. The molecule has 4 nitrogen and oxygen atoms in total. The van der Waals surface area contributed by atoms with Gasteiger partial charge in [0, 0.05) is 35.7 Å². The zero-order valence-corrected chi connectivity index (χ0v) is 10.9. The number of hydrogen-bond acceptors (Lipinski definition) is 2. The Balaban J connectivity index is 1.98. The molecule has 0 aliphatic heterocycles. The number of amides is 1. The SMILES string of the molecule is O=C(NCC1(CCl)CCCC1)c1cc[nH]c(=O)c1. The summed E-state index contributed by atoms with van der Waals surface area (Å²) < 4.78 is 0. The maximum atomic E-state index is 11.9. The average molecular weight is 269 g/mol. The number of halogens is 1. The summed E-state index contributed by atoms with van der Waals surface area (Å²) in [4.78, 5) is 25.5. The highest BCUT2D eigenvalue weighted by molar-refractivity contribution is 6.18. The van der Waals surface area contributed by atoms with E-state index in [9.17, 15) is 9.59 Å². The summed E-state index contributed by atoms with van der Waals surface area (Å²) in [5.74, 6) is 0.361. The van der Waals surface area contributed by atoms with Gasteiger partial charge in [0.25, 0.3) is 5.91 Å². The predicted molar refractivity (Wildman–Crippen MR) is 71.0 cm³/mol. The topological polar surface area (TPSA) is 62.0 Å². The number of aromatic nitrogens is 1. The zero-order valence-electron chi connectivity index (χ0n) is 10.2. The van der Waals surface area contributed by atoms with Crippen LogP contribution in [0.5, 0.6) is 0 Å². The van der Waals surface area contributed by atoms with Crippen molar-refractivity contribution in [2.24, 2.45) is 5.41 Å². The van der Waals surface area contributed by atoms with Crippen molar-refractivity contribution in [2.75, 3.05) is 12.4 Å². The van der Waals surface area contributed by atoms with Crippen molar-refractivity contribution >= 4 is 17.5 Å². The Morgan fingerprint density at radius 2 is 2.17 bits per heavy atom. The van der Waals surface area contributed by atoms with E-state index in [4.69, 9.17) is 11.6 Å². The number of carbonyl (C=O) groups is 1. The molecule has 1 aliphatic rings. The fourth-order valence-electron chi connectivity index (χ4n) is 2.44. The third kappa shape index (κ3) is 2.93. The van der Waals surface area contributed by atoms with Crippen LogP contribution in [0.25, 0.3) is 0 Å². The van der Waals surface area contributed by atoms with E-state index in [0.717, 1.165) is 12.8 Å². The Labute approximate surface area is 111 Å². The molecule has 98 valence electrons. The minimum atomic E-state index is -0.268. The van der Waals surface area contributed by atoms with E-state index in [0.29, 0.717) is 18.0 Å². The molecular formula is C13H17ClN2O2. The van der Waals surface area contributed by atoms with Crippen LogP contribution in [0.1, 0.15) is 36.0 Å². The molecule has 1 fully saturated rings. The van der Waals surface area contributed by atoms with E-state index in [1.807, 2.05) is 0 Å². The van der Waals surface area contributed by atoms with Gasteiger partial charge in [-0.3, -0.25) is 9.59 Å². The number of aromatic amines is 1. The largest absolute Gasteiger partial charge is 0.351 e. The van der Waals surface area contributed by atoms with E-state index < -0.39 is 0 Å². The number of rotatable bonds is 4. The second-order valence-corrected chi connectivity index (χ2v) is 5.23. The highest BCUT2D eigenvalue weighted by Crippen LogP contribution is 2.38. The first kappa shape index (κ1) is 13.1. The third-order valence-electron chi connectivity index (χ3n) is 3.61. The molecule has 1 aliphatic carbocycles. The Bertz CT molecular complexity index is 478. The van der Waals surface area contributed by atoms with Gasteiger partial charge in [0.2, 0.25) is 5.56 Å². The van der Waals surface area contributed by atoms with Gasteiger partial charge in [0.1, 0.15) is 0 Å². The van der Waals surface area contributed by atoms with Crippen molar-refractivity contribution in [1.29, 1.82) is 0 Å². The summed E-state index contributed by atoms with van der Waals surface area (Å²) in [6, 6.07) is 2.90. The summed E-state index contributed by atoms with van der Waals surface area (Å²) in [5.41, 5.74) is 0.162. The maximum absolute atomic E-state index is 11.9. The van der Waals surface area contributed by atoms with Crippen LogP contribution in [0.2, 0.25) is 0 Å². The van der Waals surface area contributed by atoms with Crippen LogP contribution in [0, 0.1) is 5.41 Å². The lowest BCUT2D eigenvalue weighted by atomic mass is 9.88. The summed E-state index contributed by atoms with van der Waals surface area (Å²) in [5, 5.41) is 2.88. The highest BCUT2D eigenvalue weighted by atomic mass is 35.5. The van der Waals surface area contributed by atoms with Crippen molar-refractivity contribution in [3.63, 3.8) is 0 Å². The van der Waals surface area contributed by atoms with Gasteiger partial charge in [0.15, 0.2) is 0 Å². The van der Waals surface area contributed by atoms with Gasteiger partial charge in [-0.25, -0.2) is 0 Å². The van der Waals surface area contributed by atoms with Gasteiger partial charge < -0.3 is 10.3 Å². The number of carbonyl (C=O) groups excluding carboxylic acids is 1. The number of hydrogen-bond donors (Lipinski definition) is 2. The van der Waals surface area contributed by atoms with Crippen LogP contribution in [-0.2, 0) is 0 Å². The monoisotopic (exact) mass is 268 g/mol. The van der Waals surface area contributed by atoms with E-state index in [1.165, 1.54) is 25.1 Å². The average Bonchev–Trinajstić information content (AvgIpc) is 2.85. The van der Waals surface area contributed by atoms with Crippen molar-refractivity contribution in [2.45, 2.75) is 25.7 Å². The molecule has 1 aromatic rings. The quantitative estimate of drug-likeness (QED) is 0.820. The van der Waals surface area contributed by atoms with Crippen LogP contribution in [0.3, 0.4) is 0 Å². The van der Waals surface area contributed by atoms with Crippen molar-refractivity contribution in [3.8, 4) is 0 Å². The summed E-state index contributed by atoms with van der Waals surface area (Å²) in [6.45, 7) is 0.585. The molecule has 0 atom stereocenters. The number of pyridine rings is 1. The Morgan fingerprint density at radius 3 is 2.78 bits per heavy atom. The second kappa shape index (κ2) is 5.57. The molecule has 5 heteroatoms. The molecule has 18 heavy (non-hydrogen) atoms. The van der Waals surface area contributed by atoms with Gasteiger partial charge in [-0.15, -0.1) is 11.6 Å². The third-order valence-corrected chi connectivity index (χ3v) is 4.18. The van der Waals surface area contributed by atoms with E-state index >= 15 is 0 Å². The second-order valence-electron chi connectivity index (χ2n) is 4.97. The minimum Gasteiger partial charge on any atom is -0.351 e.